The molecule has 1 saturated heterocycles. The van der Waals surface area contributed by atoms with Crippen molar-refractivity contribution in [2.75, 3.05) is 6.61 Å². The molecule has 1 atom stereocenters. The van der Waals surface area contributed by atoms with Gasteiger partial charge in [0.2, 0.25) is 0 Å². The van der Waals surface area contributed by atoms with Gasteiger partial charge in [-0.25, -0.2) is 0 Å². The van der Waals surface area contributed by atoms with Crippen LogP contribution in [0.25, 0.3) is 0 Å². The van der Waals surface area contributed by atoms with Crippen LogP contribution in [0.2, 0.25) is 0 Å². The number of halogens is 1. The molecule has 1 aliphatic rings. The Morgan fingerprint density at radius 3 is 1.22 bits per heavy atom. The highest BCUT2D eigenvalue weighted by Crippen LogP contribution is 1.96. The van der Waals surface area contributed by atoms with Crippen LogP contribution in [0.1, 0.15) is 0 Å². The molecule has 1 unspecified atom stereocenters. The van der Waals surface area contributed by atoms with Crippen LogP contribution in [0.15, 0.2) is 0 Å². The Morgan fingerprint density at radius 1 is 1.11 bits per heavy atom. The summed E-state index contributed by atoms with van der Waals surface area (Å²) in [5.41, 5.74) is 5.00. The SMILES string of the molecule is Cl.NC1CO1.O.O.O.O. The number of ether oxygens (including phenoxy) is 1. The highest BCUT2D eigenvalue weighted by molar-refractivity contribution is 5.85. The Labute approximate surface area is 58.6 Å². The van der Waals surface area contributed by atoms with E-state index in [4.69, 9.17) is 5.73 Å². The van der Waals surface area contributed by atoms with E-state index in [1.165, 1.54) is 0 Å². The molecular weight excluding hydrogens is 153 g/mol. The molecule has 1 rings (SSSR count). The van der Waals surface area contributed by atoms with Crippen molar-refractivity contribution in [1.82, 2.24) is 0 Å². The quantitative estimate of drug-likeness (QED) is 0.369. The molecule has 0 saturated carbocycles. The van der Waals surface area contributed by atoms with E-state index < -0.39 is 0 Å². The zero-order valence-electron chi connectivity index (χ0n) is 4.68. The van der Waals surface area contributed by atoms with Gasteiger partial charge in [-0.3, -0.25) is 0 Å². The summed E-state index contributed by atoms with van der Waals surface area (Å²) in [7, 11) is 0. The Balaban J connectivity index is -0.0000000107. The van der Waals surface area contributed by atoms with Crippen LogP contribution in [-0.4, -0.2) is 34.7 Å². The summed E-state index contributed by atoms with van der Waals surface area (Å²) >= 11 is 0. The van der Waals surface area contributed by atoms with E-state index >= 15 is 0 Å². The first kappa shape index (κ1) is 35.8. The number of rotatable bonds is 0. The number of nitrogens with two attached hydrogens (primary N) is 1. The maximum atomic E-state index is 5.00. The first-order valence-electron chi connectivity index (χ1n) is 1.27. The second kappa shape index (κ2) is 15.7. The monoisotopic (exact) mass is 167 g/mol. The maximum absolute atomic E-state index is 5.00. The molecule has 0 amide bonds. The first-order valence-corrected chi connectivity index (χ1v) is 1.27. The number of epoxide rings is 1. The Bertz CT molecular complexity index is 34.1. The van der Waals surface area contributed by atoms with Gasteiger partial charge in [0.25, 0.3) is 0 Å². The minimum absolute atomic E-state index is 0. The maximum Gasteiger partial charge on any atom is 0.129 e. The van der Waals surface area contributed by atoms with E-state index in [9.17, 15) is 0 Å². The number of hydrogen-bond donors (Lipinski definition) is 1. The molecule has 0 aromatic carbocycles. The van der Waals surface area contributed by atoms with E-state index in [0.29, 0.717) is 0 Å². The normalized spacial score (nSPS) is 17.7. The molecule has 0 spiro atoms. The predicted molar refractivity (Wildman–Crippen MR) is 35.6 cm³/mol. The fraction of sp³-hybridized carbons (Fsp3) is 1.00. The molecule has 1 fully saturated rings. The summed E-state index contributed by atoms with van der Waals surface area (Å²) in [4.78, 5) is 0. The van der Waals surface area contributed by atoms with Crippen LogP contribution in [0.5, 0.6) is 0 Å². The lowest BCUT2D eigenvalue weighted by atomic mass is 10.8. The molecule has 7 heteroatoms. The van der Waals surface area contributed by atoms with Crippen LogP contribution in [0, 0.1) is 0 Å². The lowest BCUT2D eigenvalue weighted by Gasteiger charge is -1.55. The predicted octanol–water partition coefficient (Wildman–Crippen LogP) is -3.58. The lowest BCUT2D eigenvalue weighted by molar-refractivity contribution is 0.415. The van der Waals surface area contributed by atoms with Crippen molar-refractivity contribution in [2.45, 2.75) is 6.23 Å². The Kier molecular flexibility index (Phi) is 62.3. The highest BCUT2D eigenvalue weighted by atomic mass is 35.5. The molecule has 0 aromatic rings. The summed E-state index contributed by atoms with van der Waals surface area (Å²) in [5, 5.41) is 0. The van der Waals surface area contributed by atoms with Crippen molar-refractivity contribution in [3.63, 3.8) is 0 Å². The van der Waals surface area contributed by atoms with Gasteiger partial charge < -0.3 is 32.4 Å². The highest BCUT2D eigenvalue weighted by Gasteiger charge is 2.13. The van der Waals surface area contributed by atoms with Gasteiger partial charge in [0, 0.05) is 0 Å². The van der Waals surface area contributed by atoms with Gasteiger partial charge in [-0.1, -0.05) is 0 Å². The van der Waals surface area contributed by atoms with Gasteiger partial charge in [0.15, 0.2) is 0 Å². The van der Waals surface area contributed by atoms with E-state index in [1.807, 2.05) is 0 Å². The van der Waals surface area contributed by atoms with Gasteiger partial charge in [-0.2, -0.15) is 0 Å². The van der Waals surface area contributed by atoms with E-state index in [0.717, 1.165) is 6.61 Å². The molecule has 9 heavy (non-hydrogen) atoms. The van der Waals surface area contributed by atoms with Gasteiger partial charge in [-0.15, -0.1) is 12.4 Å². The van der Waals surface area contributed by atoms with E-state index in [-0.39, 0.29) is 40.5 Å². The molecule has 64 valence electrons. The average Bonchev–Trinajstić information content (AvgIpc) is 1.75. The zero-order chi connectivity index (χ0) is 2.99. The smallest absolute Gasteiger partial charge is 0.129 e. The second-order valence-corrected chi connectivity index (χ2v) is 0.872. The molecule has 1 heterocycles. The van der Waals surface area contributed by atoms with Gasteiger partial charge in [0.05, 0.1) is 6.61 Å². The second-order valence-electron chi connectivity index (χ2n) is 0.872. The molecule has 0 bridgehead atoms. The third-order valence-electron chi connectivity index (χ3n) is 0.359. The number of hydrogen-bond acceptors (Lipinski definition) is 2. The summed E-state index contributed by atoms with van der Waals surface area (Å²) in [6.45, 7) is 0.764. The molecule has 0 aromatic heterocycles. The van der Waals surface area contributed by atoms with Crippen LogP contribution in [0.3, 0.4) is 0 Å². The van der Waals surface area contributed by atoms with E-state index in [1.54, 1.807) is 0 Å². The largest absolute Gasteiger partial charge is 0.412 e. The third kappa shape index (κ3) is 31.7. The lowest BCUT2D eigenvalue weighted by Crippen LogP contribution is -1.97. The first-order chi connectivity index (χ1) is 1.89. The minimum atomic E-state index is 0. The van der Waals surface area contributed by atoms with Gasteiger partial charge in [0.1, 0.15) is 6.23 Å². The molecule has 0 radical (unpaired) electrons. The molecule has 6 nitrogen and oxygen atoms in total. The van der Waals surface area contributed by atoms with Crippen molar-refractivity contribution in [2.24, 2.45) is 5.73 Å². The molecule has 1 aliphatic heterocycles. The van der Waals surface area contributed by atoms with Crippen LogP contribution in [0.4, 0.5) is 0 Å². The fourth-order valence-electron chi connectivity index (χ4n) is 0.0556. The molecular formula is C2H14ClNO5. The fourth-order valence-corrected chi connectivity index (χ4v) is 0.0556. The van der Waals surface area contributed by atoms with Crippen LogP contribution >= 0.6 is 12.4 Å². The molecule has 10 N–H and O–H groups in total. The molecule has 0 aliphatic carbocycles. The zero-order valence-corrected chi connectivity index (χ0v) is 5.49. The van der Waals surface area contributed by atoms with E-state index in [2.05, 4.69) is 4.74 Å². The van der Waals surface area contributed by atoms with Crippen LogP contribution in [-0.2, 0) is 4.74 Å². The summed E-state index contributed by atoms with van der Waals surface area (Å²) in [5.74, 6) is 0. The topological polar surface area (TPSA) is 165 Å². The van der Waals surface area contributed by atoms with Crippen molar-refractivity contribution in [3.8, 4) is 0 Å². The third-order valence-corrected chi connectivity index (χ3v) is 0.359. The standard InChI is InChI=1S/C2H5NO.ClH.4H2O/c3-2-1-4-2;;;;;/h2H,1,3H2;1H;4*1H2. The summed E-state index contributed by atoms with van der Waals surface area (Å²) in [6.07, 6.45) is 0.0833. The van der Waals surface area contributed by atoms with Crippen molar-refractivity contribution < 1.29 is 26.6 Å². The van der Waals surface area contributed by atoms with Crippen molar-refractivity contribution in [3.05, 3.63) is 0 Å². The average molecular weight is 168 g/mol. The Hall–Kier alpha value is 0.0500. The Morgan fingerprint density at radius 2 is 1.22 bits per heavy atom. The van der Waals surface area contributed by atoms with Crippen molar-refractivity contribution in [1.29, 1.82) is 0 Å². The van der Waals surface area contributed by atoms with Crippen LogP contribution < -0.4 is 5.73 Å². The van der Waals surface area contributed by atoms with Crippen molar-refractivity contribution >= 4 is 12.4 Å². The van der Waals surface area contributed by atoms with Gasteiger partial charge in [-0.05, 0) is 0 Å². The minimum Gasteiger partial charge on any atom is -0.412 e. The summed E-state index contributed by atoms with van der Waals surface area (Å²) in [6, 6.07) is 0. The summed E-state index contributed by atoms with van der Waals surface area (Å²) < 4.78 is 4.49. The van der Waals surface area contributed by atoms with Gasteiger partial charge >= 0.3 is 0 Å².